The molecule has 0 rings (SSSR count). The number of rotatable bonds is 4. The molecule has 0 aliphatic carbocycles. The highest BCUT2D eigenvalue weighted by atomic mass is 32.4. The minimum atomic E-state index is -0.932. The molecule has 0 saturated carbocycles. The smallest absolute Gasteiger partial charge is 0.108 e. The highest BCUT2D eigenvalue weighted by molar-refractivity contribution is 8.28. The van der Waals surface area contributed by atoms with E-state index in [1.165, 1.54) is 5.57 Å². The summed E-state index contributed by atoms with van der Waals surface area (Å²) >= 11 is 2.08. The van der Waals surface area contributed by atoms with Gasteiger partial charge in [0.15, 0.2) is 0 Å². The molecule has 3 heteroatoms. The van der Waals surface area contributed by atoms with Gasteiger partial charge in [0, 0.05) is 12.3 Å². The Morgan fingerprint density at radius 2 is 2.00 bits per heavy atom. The van der Waals surface area contributed by atoms with Gasteiger partial charge in [0.1, 0.15) is 7.22 Å². The lowest BCUT2D eigenvalue weighted by molar-refractivity contribution is 1.14. The number of nitrogens with two attached hydrogens (primary N) is 1. The van der Waals surface area contributed by atoms with Crippen molar-refractivity contribution in [2.24, 2.45) is 5.73 Å². The molecular formula is C8H19NSSi. The highest BCUT2D eigenvalue weighted by Gasteiger charge is 2.13. The molecule has 0 saturated heterocycles. The first-order chi connectivity index (χ1) is 4.99. The molecule has 0 fully saturated rings. The van der Waals surface area contributed by atoms with Crippen LogP contribution in [-0.2, 0) is 0 Å². The van der Waals surface area contributed by atoms with E-state index in [-0.39, 0.29) is 0 Å². The van der Waals surface area contributed by atoms with Gasteiger partial charge in [-0.1, -0.05) is 31.3 Å². The molecule has 0 aliphatic rings. The normalized spacial score (nSPS) is 13.7. The third-order valence-corrected chi connectivity index (χ3v) is 5.77. The van der Waals surface area contributed by atoms with Crippen molar-refractivity contribution in [3.8, 4) is 0 Å². The lowest BCUT2D eigenvalue weighted by atomic mass is 10.3. The molecule has 0 spiro atoms. The zero-order valence-corrected chi connectivity index (χ0v) is 9.79. The second kappa shape index (κ2) is 5.01. The molecule has 0 amide bonds. The summed E-state index contributed by atoms with van der Waals surface area (Å²) in [6, 6.07) is 0. The molecule has 0 aromatic heterocycles. The Bertz CT molecular complexity index is 138. The van der Waals surface area contributed by atoms with Gasteiger partial charge >= 0.3 is 0 Å². The van der Waals surface area contributed by atoms with Crippen LogP contribution in [0.25, 0.3) is 0 Å². The summed E-state index contributed by atoms with van der Waals surface area (Å²) in [7, 11) is -0.932. The van der Waals surface area contributed by atoms with Crippen molar-refractivity contribution in [1.82, 2.24) is 0 Å². The van der Waals surface area contributed by atoms with Crippen molar-refractivity contribution in [2.45, 2.75) is 26.6 Å². The summed E-state index contributed by atoms with van der Waals surface area (Å²) in [4.78, 5) is 0. The Labute approximate surface area is 75.1 Å². The third-order valence-electron chi connectivity index (χ3n) is 1.36. The molecule has 0 bridgehead atoms. The maximum atomic E-state index is 5.55. The first kappa shape index (κ1) is 11.3. The van der Waals surface area contributed by atoms with Crippen molar-refractivity contribution in [2.75, 3.05) is 12.3 Å². The third kappa shape index (κ3) is 6.66. The average molecular weight is 189 g/mol. The van der Waals surface area contributed by atoms with Gasteiger partial charge in [-0.15, -0.1) is 0 Å². The molecule has 0 aromatic rings. The van der Waals surface area contributed by atoms with E-state index in [0.29, 0.717) is 6.54 Å². The first-order valence-corrected chi connectivity index (χ1v) is 9.18. The van der Waals surface area contributed by atoms with Gasteiger partial charge in [0.05, 0.1) is 0 Å². The van der Waals surface area contributed by atoms with Crippen LogP contribution in [0, 0.1) is 0 Å². The fraction of sp³-hybridized carbons (Fsp3) is 0.750. The van der Waals surface area contributed by atoms with E-state index in [1.54, 1.807) is 0 Å². The van der Waals surface area contributed by atoms with Crippen LogP contribution in [0.3, 0.4) is 0 Å². The van der Waals surface area contributed by atoms with E-state index in [1.807, 2.05) is 0 Å². The molecule has 2 N–H and O–H groups in total. The molecule has 1 nitrogen and oxygen atoms in total. The summed E-state index contributed by atoms with van der Waals surface area (Å²) in [6.07, 6.45) is 2.13. The maximum Gasteiger partial charge on any atom is 0.108 e. The van der Waals surface area contributed by atoms with E-state index in [9.17, 15) is 0 Å². The molecule has 0 aliphatic heterocycles. The SMILES string of the molecule is CC=C(CN)CS[Si](C)(C)C. The minimum absolute atomic E-state index is 0.716. The predicted octanol–water partition coefficient (Wildman–Crippen LogP) is 2.46. The fourth-order valence-electron chi connectivity index (χ4n) is 0.569. The Balaban J connectivity index is 3.70. The van der Waals surface area contributed by atoms with E-state index >= 15 is 0 Å². The summed E-state index contributed by atoms with van der Waals surface area (Å²) in [6.45, 7) is 9.87. The van der Waals surface area contributed by atoms with E-state index < -0.39 is 7.22 Å². The van der Waals surface area contributed by atoms with Gasteiger partial charge in [0.2, 0.25) is 0 Å². The average Bonchev–Trinajstić information content (AvgIpc) is 1.88. The van der Waals surface area contributed by atoms with Crippen LogP contribution >= 0.6 is 11.2 Å². The van der Waals surface area contributed by atoms with Crippen LogP contribution in [0.1, 0.15) is 6.92 Å². The van der Waals surface area contributed by atoms with Gasteiger partial charge in [-0.05, 0) is 6.92 Å². The van der Waals surface area contributed by atoms with E-state index in [4.69, 9.17) is 5.73 Å². The summed E-state index contributed by atoms with van der Waals surface area (Å²) < 4.78 is 0. The van der Waals surface area contributed by atoms with Crippen molar-refractivity contribution in [1.29, 1.82) is 0 Å². The molecular weight excluding hydrogens is 170 g/mol. The summed E-state index contributed by atoms with van der Waals surface area (Å²) in [5, 5.41) is 0. The lowest BCUT2D eigenvalue weighted by Gasteiger charge is -2.15. The van der Waals surface area contributed by atoms with Gasteiger partial charge in [0.25, 0.3) is 0 Å². The highest BCUT2D eigenvalue weighted by Crippen LogP contribution is 2.21. The van der Waals surface area contributed by atoms with Crippen molar-refractivity contribution >= 4 is 18.4 Å². The van der Waals surface area contributed by atoms with Crippen LogP contribution in [-0.4, -0.2) is 19.5 Å². The Kier molecular flexibility index (Phi) is 5.13. The standard InChI is InChI=1S/C8H19NSSi/c1-5-8(6-9)7-10-11(2,3)4/h5H,6-7,9H2,1-4H3. The Morgan fingerprint density at radius 1 is 1.45 bits per heavy atom. The topological polar surface area (TPSA) is 26.0 Å². The van der Waals surface area contributed by atoms with Gasteiger partial charge in [-0.3, -0.25) is 0 Å². The van der Waals surface area contributed by atoms with Gasteiger partial charge in [-0.25, -0.2) is 0 Å². The monoisotopic (exact) mass is 189 g/mol. The summed E-state index contributed by atoms with van der Waals surface area (Å²) in [5.41, 5.74) is 6.92. The largest absolute Gasteiger partial charge is 0.327 e. The first-order valence-electron chi connectivity index (χ1n) is 3.97. The van der Waals surface area contributed by atoms with Crippen molar-refractivity contribution in [3.05, 3.63) is 11.6 Å². The lowest BCUT2D eigenvalue weighted by Crippen LogP contribution is -2.17. The Hall–Kier alpha value is 0.267. The van der Waals surface area contributed by atoms with Gasteiger partial charge < -0.3 is 5.73 Å². The van der Waals surface area contributed by atoms with Gasteiger partial charge in [-0.2, -0.15) is 11.2 Å². The Morgan fingerprint density at radius 3 is 2.27 bits per heavy atom. The fourth-order valence-corrected chi connectivity index (χ4v) is 3.33. The van der Waals surface area contributed by atoms with E-state index in [2.05, 4.69) is 43.9 Å². The number of allylic oxidation sites excluding steroid dienone is 1. The van der Waals surface area contributed by atoms with Crippen molar-refractivity contribution < 1.29 is 0 Å². The maximum absolute atomic E-state index is 5.55. The van der Waals surface area contributed by atoms with Crippen LogP contribution in [0.4, 0.5) is 0 Å². The van der Waals surface area contributed by atoms with Crippen molar-refractivity contribution in [3.63, 3.8) is 0 Å². The second-order valence-corrected chi connectivity index (χ2v) is 12.9. The zero-order valence-electron chi connectivity index (χ0n) is 7.98. The summed E-state index contributed by atoms with van der Waals surface area (Å²) in [5.74, 6) is 1.13. The molecule has 0 aromatic carbocycles. The van der Waals surface area contributed by atoms with Crippen LogP contribution in [0.15, 0.2) is 11.6 Å². The number of hydrogen-bond donors (Lipinski definition) is 1. The minimum Gasteiger partial charge on any atom is -0.327 e. The molecule has 0 atom stereocenters. The molecule has 0 radical (unpaired) electrons. The molecule has 66 valence electrons. The second-order valence-electron chi connectivity index (χ2n) is 3.55. The quantitative estimate of drug-likeness (QED) is 0.543. The number of hydrogen-bond acceptors (Lipinski definition) is 2. The molecule has 11 heavy (non-hydrogen) atoms. The van der Waals surface area contributed by atoms with Crippen LogP contribution in [0.5, 0.6) is 0 Å². The molecule has 0 heterocycles. The zero-order chi connectivity index (χ0) is 8.91. The molecule has 0 unspecified atom stereocenters. The predicted molar refractivity (Wildman–Crippen MR) is 58.6 cm³/mol. The van der Waals surface area contributed by atoms with E-state index in [0.717, 1.165) is 5.75 Å². The van der Waals surface area contributed by atoms with Crippen LogP contribution < -0.4 is 5.73 Å². The van der Waals surface area contributed by atoms with Crippen LogP contribution in [0.2, 0.25) is 19.6 Å².